The predicted molar refractivity (Wildman–Crippen MR) is 66.0 cm³/mol. The molecular formula is C12H15BrFNO. The normalized spacial score (nSPS) is 25.4. The van der Waals surface area contributed by atoms with E-state index in [0.717, 1.165) is 31.4 Å². The Labute approximate surface area is 103 Å². The van der Waals surface area contributed by atoms with Crippen molar-refractivity contribution in [1.29, 1.82) is 0 Å². The van der Waals surface area contributed by atoms with E-state index in [2.05, 4.69) is 21.2 Å². The van der Waals surface area contributed by atoms with Crippen LogP contribution in [0, 0.1) is 5.82 Å². The Balaban J connectivity index is 2.07. The third-order valence-corrected chi connectivity index (χ3v) is 3.66. The van der Waals surface area contributed by atoms with Crippen LogP contribution in [-0.2, 0) is 0 Å². The lowest BCUT2D eigenvalue weighted by atomic mass is 9.92. The van der Waals surface area contributed by atoms with Gasteiger partial charge in [0.15, 0.2) is 0 Å². The molecule has 2 unspecified atom stereocenters. The number of hydrogen-bond acceptors (Lipinski definition) is 2. The molecule has 16 heavy (non-hydrogen) atoms. The molecule has 2 N–H and O–H groups in total. The van der Waals surface area contributed by atoms with Gasteiger partial charge in [0.05, 0.1) is 12.1 Å². The van der Waals surface area contributed by atoms with Crippen molar-refractivity contribution in [3.05, 3.63) is 28.5 Å². The number of rotatable bonds is 2. The smallest absolute Gasteiger partial charge is 0.124 e. The van der Waals surface area contributed by atoms with Gasteiger partial charge in [0.1, 0.15) is 5.82 Å². The number of benzene rings is 1. The molecule has 0 heterocycles. The molecule has 0 radical (unpaired) electrons. The summed E-state index contributed by atoms with van der Waals surface area (Å²) in [6, 6.07) is 4.62. The van der Waals surface area contributed by atoms with Crippen molar-refractivity contribution in [1.82, 2.24) is 0 Å². The van der Waals surface area contributed by atoms with E-state index < -0.39 is 0 Å². The van der Waals surface area contributed by atoms with Crippen LogP contribution in [0.1, 0.15) is 25.7 Å². The van der Waals surface area contributed by atoms with Crippen LogP contribution < -0.4 is 5.32 Å². The molecule has 1 aliphatic carbocycles. The second kappa shape index (κ2) is 5.15. The van der Waals surface area contributed by atoms with Crippen molar-refractivity contribution in [3.63, 3.8) is 0 Å². The fraction of sp³-hybridized carbons (Fsp3) is 0.500. The first kappa shape index (κ1) is 11.9. The van der Waals surface area contributed by atoms with Crippen LogP contribution >= 0.6 is 15.9 Å². The lowest BCUT2D eigenvalue weighted by molar-refractivity contribution is 0.116. The van der Waals surface area contributed by atoms with Gasteiger partial charge in [-0.05, 0) is 47.0 Å². The molecule has 1 aromatic rings. The molecule has 1 saturated carbocycles. The number of aliphatic hydroxyl groups excluding tert-OH is 1. The first-order valence-corrected chi connectivity index (χ1v) is 6.36. The zero-order chi connectivity index (χ0) is 11.5. The summed E-state index contributed by atoms with van der Waals surface area (Å²) in [6.07, 6.45) is 3.73. The van der Waals surface area contributed by atoms with Crippen molar-refractivity contribution in [2.24, 2.45) is 0 Å². The van der Waals surface area contributed by atoms with Crippen molar-refractivity contribution < 1.29 is 9.50 Å². The molecule has 0 bridgehead atoms. The molecule has 2 nitrogen and oxygen atoms in total. The Hall–Kier alpha value is -0.610. The maximum atomic E-state index is 12.9. The highest BCUT2D eigenvalue weighted by Gasteiger charge is 2.23. The third-order valence-electron chi connectivity index (χ3n) is 3.00. The van der Waals surface area contributed by atoms with Crippen molar-refractivity contribution in [2.75, 3.05) is 5.32 Å². The van der Waals surface area contributed by atoms with Crippen LogP contribution in [0.15, 0.2) is 22.7 Å². The number of hydrogen-bond donors (Lipinski definition) is 2. The van der Waals surface area contributed by atoms with Crippen LogP contribution in [0.2, 0.25) is 0 Å². The third kappa shape index (κ3) is 2.74. The fourth-order valence-electron chi connectivity index (χ4n) is 2.09. The molecule has 0 aromatic heterocycles. The van der Waals surface area contributed by atoms with Gasteiger partial charge in [-0.15, -0.1) is 0 Å². The maximum absolute atomic E-state index is 12.9. The average molecular weight is 288 g/mol. The Morgan fingerprint density at radius 2 is 2.06 bits per heavy atom. The number of anilines is 1. The lowest BCUT2D eigenvalue weighted by Crippen LogP contribution is -2.36. The molecule has 2 rings (SSSR count). The van der Waals surface area contributed by atoms with Crippen LogP contribution in [-0.4, -0.2) is 17.3 Å². The van der Waals surface area contributed by atoms with Crippen molar-refractivity contribution >= 4 is 21.6 Å². The van der Waals surface area contributed by atoms with Crippen LogP contribution in [0.5, 0.6) is 0 Å². The first-order valence-electron chi connectivity index (χ1n) is 5.56. The van der Waals surface area contributed by atoms with E-state index in [4.69, 9.17) is 0 Å². The van der Waals surface area contributed by atoms with Gasteiger partial charge in [0, 0.05) is 10.2 Å². The number of halogens is 2. The molecule has 0 spiro atoms. The van der Waals surface area contributed by atoms with E-state index in [1.54, 1.807) is 6.07 Å². The Bertz CT molecular complexity index is 372. The summed E-state index contributed by atoms with van der Waals surface area (Å²) in [5, 5.41) is 13.1. The van der Waals surface area contributed by atoms with E-state index >= 15 is 0 Å². The molecular weight excluding hydrogens is 273 g/mol. The van der Waals surface area contributed by atoms with Crippen molar-refractivity contribution in [3.8, 4) is 0 Å². The summed E-state index contributed by atoms with van der Waals surface area (Å²) in [4.78, 5) is 0. The average Bonchev–Trinajstić information content (AvgIpc) is 2.25. The van der Waals surface area contributed by atoms with E-state index in [-0.39, 0.29) is 18.0 Å². The second-order valence-corrected chi connectivity index (χ2v) is 5.08. The molecule has 0 amide bonds. The highest BCUT2D eigenvalue weighted by Crippen LogP contribution is 2.27. The van der Waals surface area contributed by atoms with Gasteiger partial charge in [-0.3, -0.25) is 0 Å². The van der Waals surface area contributed by atoms with Crippen LogP contribution in [0.3, 0.4) is 0 Å². The van der Waals surface area contributed by atoms with Gasteiger partial charge in [-0.2, -0.15) is 0 Å². The molecule has 88 valence electrons. The summed E-state index contributed by atoms with van der Waals surface area (Å²) in [7, 11) is 0. The molecule has 0 aliphatic heterocycles. The monoisotopic (exact) mass is 287 g/mol. The Morgan fingerprint density at radius 3 is 2.75 bits per heavy atom. The molecule has 2 atom stereocenters. The highest BCUT2D eigenvalue weighted by molar-refractivity contribution is 9.10. The Kier molecular flexibility index (Phi) is 3.82. The SMILES string of the molecule is OC1CCCCC1Nc1ccc(F)cc1Br. The molecule has 0 saturated heterocycles. The van der Waals surface area contributed by atoms with Gasteiger partial charge in [0.25, 0.3) is 0 Å². The topological polar surface area (TPSA) is 32.3 Å². The standard InChI is InChI=1S/C12H15BrFNO/c13-9-7-8(14)5-6-10(9)15-11-3-1-2-4-12(11)16/h5-7,11-12,15-16H,1-4H2. The molecule has 4 heteroatoms. The van der Waals surface area contributed by atoms with E-state index in [9.17, 15) is 9.50 Å². The molecule has 1 aliphatic rings. The minimum Gasteiger partial charge on any atom is -0.391 e. The Morgan fingerprint density at radius 1 is 1.31 bits per heavy atom. The van der Waals surface area contributed by atoms with Crippen LogP contribution in [0.25, 0.3) is 0 Å². The minimum atomic E-state index is -0.300. The zero-order valence-electron chi connectivity index (χ0n) is 8.92. The molecule has 1 aromatic carbocycles. The predicted octanol–water partition coefficient (Wildman–Crippen LogP) is 3.30. The van der Waals surface area contributed by atoms with E-state index in [0.29, 0.717) is 4.47 Å². The van der Waals surface area contributed by atoms with Crippen molar-refractivity contribution in [2.45, 2.75) is 37.8 Å². The largest absolute Gasteiger partial charge is 0.391 e. The van der Waals surface area contributed by atoms with Gasteiger partial charge >= 0.3 is 0 Å². The quantitative estimate of drug-likeness (QED) is 0.875. The van der Waals surface area contributed by atoms with E-state index in [1.807, 2.05) is 0 Å². The minimum absolute atomic E-state index is 0.0792. The number of aliphatic hydroxyl groups is 1. The maximum Gasteiger partial charge on any atom is 0.124 e. The summed E-state index contributed by atoms with van der Waals surface area (Å²) in [5.41, 5.74) is 0.840. The second-order valence-electron chi connectivity index (χ2n) is 4.23. The van der Waals surface area contributed by atoms with Gasteiger partial charge in [0.2, 0.25) is 0 Å². The number of nitrogens with one attached hydrogen (secondary N) is 1. The highest BCUT2D eigenvalue weighted by atomic mass is 79.9. The van der Waals surface area contributed by atoms with E-state index in [1.165, 1.54) is 12.1 Å². The summed E-state index contributed by atoms with van der Waals surface area (Å²) >= 11 is 3.31. The summed E-state index contributed by atoms with van der Waals surface area (Å²) < 4.78 is 13.6. The van der Waals surface area contributed by atoms with Gasteiger partial charge in [-0.25, -0.2) is 4.39 Å². The van der Waals surface area contributed by atoms with Gasteiger partial charge < -0.3 is 10.4 Å². The first-order chi connectivity index (χ1) is 7.66. The summed E-state index contributed by atoms with van der Waals surface area (Å²) in [6.45, 7) is 0. The lowest BCUT2D eigenvalue weighted by Gasteiger charge is -2.29. The molecule has 1 fully saturated rings. The fourth-order valence-corrected chi connectivity index (χ4v) is 2.55. The summed E-state index contributed by atoms with van der Waals surface area (Å²) in [5.74, 6) is -0.262. The van der Waals surface area contributed by atoms with Gasteiger partial charge in [-0.1, -0.05) is 12.8 Å². The zero-order valence-corrected chi connectivity index (χ0v) is 10.5. The van der Waals surface area contributed by atoms with Crippen LogP contribution in [0.4, 0.5) is 10.1 Å².